The number of aryl methyl sites for hydroxylation is 1. The van der Waals surface area contributed by atoms with E-state index in [2.05, 4.69) is 4.98 Å². The Balaban J connectivity index is 1.83. The zero-order valence-electron chi connectivity index (χ0n) is 18.4. The molecule has 4 rings (SSSR count). The second-order valence-corrected chi connectivity index (χ2v) is 9.39. The summed E-state index contributed by atoms with van der Waals surface area (Å²) in [5.41, 5.74) is -4.03. The molecule has 0 bridgehead atoms. The molecule has 0 radical (unpaired) electrons. The number of ether oxygens (including phenoxy) is 1. The third-order valence-corrected chi connectivity index (χ3v) is 6.70. The smallest absolute Gasteiger partial charge is 0.422 e. The van der Waals surface area contributed by atoms with Crippen LogP contribution in [0, 0.1) is 0 Å². The van der Waals surface area contributed by atoms with E-state index in [1.54, 1.807) is 72.2 Å². The van der Waals surface area contributed by atoms with E-state index in [0.717, 1.165) is 12.1 Å². The minimum Gasteiger partial charge on any atom is -0.422 e. The zero-order chi connectivity index (χ0) is 25.2. The predicted molar refractivity (Wildman–Crippen MR) is 125 cm³/mol. The van der Waals surface area contributed by atoms with Gasteiger partial charge in [0.1, 0.15) is 11.6 Å². The molecule has 3 aromatic carbocycles. The first-order valence-corrected chi connectivity index (χ1v) is 12.0. The van der Waals surface area contributed by atoms with E-state index < -0.39 is 26.2 Å². The lowest BCUT2D eigenvalue weighted by atomic mass is 10.1. The number of aromatic nitrogens is 2. The van der Waals surface area contributed by atoms with Gasteiger partial charge in [-0.1, -0.05) is 48.5 Å². The van der Waals surface area contributed by atoms with Gasteiger partial charge in [0.15, 0.2) is 0 Å². The summed E-state index contributed by atoms with van der Waals surface area (Å²) in [6, 6.07) is 20.2. The molecule has 35 heavy (non-hydrogen) atoms. The first kappa shape index (κ1) is 24.2. The molecule has 0 amide bonds. The van der Waals surface area contributed by atoms with Crippen molar-refractivity contribution in [1.82, 2.24) is 9.55 Å². The van der Waals surface area contributed by atoms with E-state index in [1.807, 2.05) is 0 Å². The van der Waals surface area contributed by atoms with Crippen molar-refractivity contribution < 1.29 is 31.1 Å². The molecule has 6 nitrogen and oxygen atoms in total. The van der Waals surface area contributed by atoms with Crippen molar-refractivity contribution in [3.8, 4) is 0 Å². The van der Waals surface area contributed by atoms with E-state index in [4.69, 9.17) is 4.74 Å². The molecule has 0 atom stereocenters. The lowest BCUT2D eigenvalue weighted by Crippen LogP contribution is -2.23. The molecule has 0 aliphatic rings. The quantitative estimate of drug-likeness (QED) is 0.251. The number of halogens is 3. The molecule has 4 aromatic rings. The highest BCUT2D eigenvalue weighted by atomic mass is 32.2. The number of alkyl halides is 3. The van der Waals surface area contributed by atoms with Crippen LogP contribution in [0.5, 0.6) is 0 Å². The molecule has 0 spiro atoms. The topological polar surface area (TPSA) is 78.3 Å². The first-order chi connectivity index (χ1) is 16.6. The van der Waals surface area contributed by atoms with E-state index in [0.29, 0.717) is 23.2 Å². The average Bonchev–Trinajstić information content (AvgIpc) is 3.20. The summed E-state index contributed by atoms with van der Waals surface area (Å²) in [6.07, 6.45) is 1.50. The molecule has 10 heteroatoms. The maximum atomic E-state index is 13.0. The van der Waals surface area contributed by atoms with Crippen molar-refractivity contribution in [3.05, 3.63) is 95.8 Å². The van der Waals surface area contributed by atoms with Crippen LogP contribution >= 0.6 is 0 Å². The molecular formula is C25H19F3N2O4S. The molecule has 0 aliphatic heterocycles. The van der Waals surface area contributed by atoms with Crippen LogP contribution in [0.3, 0.4) is 0 Å². The van der Waals surface area contributed by atoms with Crippen LogP contribution in [0.15, 0.2) is 83.8 Å². The summed E-state index contributed by atoms with van der Waals surface area (Å²) in [5.74, 6) is -0.144. The Morgan fingerprint density at radius 3 is 2.14 bits per heavy atom. The van der Waals surface area contributed by atoms with Crippen molar-refractivity contribution in [2.75, 3.05) is 0 Å². The normalized spacial score (nSPS) is 12.6. The van der Waals surface area contributed by atoms with Crippen LogP contribution in [-0.2, 0) is 21.1 Å². The number of imidazole rings is 1. The van der Waals surface area contributed by atoms with Gasteiger partial charge in [0.25, 0.3) is 9.84 Å². The summed E-state index contributed by atoms with van der Waals surface area (Å²) in [4.78, 5) is 16.2. The highest BCUT2D eigenvalue weighted by Crippen LogP contribution is 2.32. The van der Waals surface area contributed by atoms with E-state index >= 15 is 0 Å². The summed E-state index contributed by atoms with van der Waals surface area (Å²) >= 11 is 0. The Labute approximate surface area is 199 Å². The van der Waals surface area contributed by atoms with Crippen LogP contribution < -0.4 is 0 Å². The van der Waals surface area contributed by atoms with Crippen LogP contribution in [-0.4, -0.2) is 29.4 Å². The number of hydrogen-bond acceptors (Lipinski definition) is 5. The van der Waals surface area contributed by atoms with Crippen molar-refractivity contribution in [2.45, 2.75) is 23.9 Å². The van der Waals surface area contributed by atoms with E-state index in [-0.39, 0.29) is 17.1 Å². The van der Waals surface area contributed by atoms with Gasteiger partial charge >= 0.3 is 11.5 Å². The Kier molecular flexibility index (Phi) is 6.49. The fourth-order valence-corrected chi connectivity index (χ4v) is 4.28. The third kappa shape index (κ3) is 4.83. The van der Waals surface area contributed by atoms with Crippen LogP contribution in [0.25, 0.3) is 22.9 Å². The molecule has 180 valence electrons. The number of hydrogen-bond donors (Lipinski definition) is 0. The average molecular weight is 500 g/mol. The fourth-order valence-electron chi connectivity index (χ4n) is 3.50. The van der Waals surface area contributed by atoms with E-state index in [9.17, 15) is 26.4 Å². The van der Waals surface area contributed by atoms with Gasteiger partial charge in [-0.2, -0.15) is 13.2 Å². The minimum absolute atomic E-state index is 0.0604. The molecule has 0 aliphatic carbocycles. The maximum Gasteiger partial charge on any atom is 0.501 e. The van der Waals surface area contributed by atoms with Gasteiger partial charge < -0.3 is 9.30 Å². The van der Waals surface area contributed by atoms with Crippen molar-refractivity contribution in [2.24, 2.45) is 0 Å². The van der Waals surface area contributed by atoms with Gasteiger partial charge in [-0.05, 0) is 37.3 Å². The number of nitrogens with zero attached hydrogens (tertiary/aromatic N) is 2. The van der Waals surface area contributed by atoms with Crippen LogP contribution in [0.4, 0.5) is 13.2 Å². The van der Waals surface area contributed by atoms with Gasteiger partial charge in [0.2, 0.25) is 0 Å². The molecule has 0 saturated carbocycles. The maximum absolute atomic E-state index is 13.0. The fraction of sp³-hybridized carbons (Fsp3) is 0.120. The lowest BCUT2D eigenvalue weighted by Gasteiger charge is -2.10. The Morgan fingerprint density at radius 1 is 0.971 bits per heavy atom. The number of fused-ring (bicyclic) bond motifs is 1. The largest absolute Gasteiger partial charge is 0.501 e. The van der Waals surface area contributed by atoms with Gasteiger partial charge in [-0.3, -0.25) is 0 Å². The first-order valence-electron chi connectivity index (χ1n) is 10.5. The molecule has 0 saturated heterocycles. The molecule has 0 N–H and O–H groups in total. The number of sulfone groups is 1. The number of carbonyl (C=O) groups excluding carboxylic acids is 1. The SMILES string of the molecule is CCn1c(/C=C(\OC(=O)c2ccccc2)c2ccccc2)nc2cc(S(=O)(=O)C(F)(F)F)ccc21. The molecule has 1 heterocycles. The monoisotopic (exact) mass is 500 g/mol. The number of benzene rings is 3. The summed E-state index contributed by atoms with van der Waals surface area (Å²) < 4.78 is 70.1. The molecule has 0 unspecified atom stereocenters. The van der Waals surface area contributed by atoms with Gasteiger partial charge in [0.05, 0.1) is 21.5 Å². The van der Waals surface area contributed by atoms with Gasteiger partial charge in [0, 0.05) is 18.2 Å². The highest BCUT2D eigenvalue weighted by Gasteiger charge is 2.47. The minimum atomic E-state index is -5.52. The van der Waals surface area contributed by atoms with Crippen LogP contribution in [0.2, 0.25) is 0 Å². The Hall–Kier alpha value is -3.92. The predicted octanol–water partition coefficient (Wildman–Crippen LogP) is 5.70. The standard InChI is InChI=1S/C25H19F3N2O4S/c1-2-30-21-14-13-19(35(32,33)25(26,27)28)15-20(21)29-23(30)16-22(17-9-5-3-6-10-17)34-24(31)18-11-7-4-8-12-18/h3-16H,2H2,1H3/b22-16-. The number of carbonyl (C=O) groups is 1. The van der Waals surface area contributed by atoms with Gasteiger partial charge in [-0.15, -0.1) is 0 Å². The number of esters is 1. The van der Waals surface area contributed by atoms with E-state index in [1.165, 1.54) is 12.1 Å². The zero-order valence-corrected chi connectivity index (χ0v) is 19.2. The Morgan fingerprint density at radius 2 is 1.57 bits per heavy atom. The summed E-state index contributed by atoms with van der Waals surface area (Å²) in [6.45, 7) is 2.18. The second kappa shape index (κ2) is 9.38. The highest BCUT2D eigenvalue weighted by molar-refractivity contribution is 7.92. The Bertz CT molecular complexity index is 1510. The van der Waals surface area contributed by atoms with Crippen LogP contribution in [0.1, 0.15) is 28.7 Å². The summed E-state index contributed by atoms with van der Waals surface area (Å²) in [5, 5.41) is 0. The van der Waals surface area contributed by atoms with Gasteiger partial charge in [-0.25, -0.2) is 18.2 Å². The van der Waals surface area contributed by atoms with Crippen molar-refractivity contribution in [1.29, 1.82) is 0 Å². The lowest BCUT2D eigenvalue weighted by molar-refractivity contribution is -0.0436. The second-order valence-electron chi connectivity index (χ2n) is 7.44. The van der Waals surface area contributed by atoms with Crippen molar-refractivity contribution >= 4 is 38.7 Å². The molecule has 1 aromatic heterocycles. The summed E-state index contributed by atoms with van der Waals surface area (Å²) in [7, 11) is -5.52. The van der Waals surface area contributed by atoms with Crippen molar-refractivity contribution in [3.63, 3.8) is 0 Å². The number of rotatable bonds is 6. The molecular weight excluding hydrogens is 481 g/mol. The third-order valence-electron chi connectivity index (χ3n) is 5.21. The molecule has 0 fully saturated rings.